The predicted octanol–water partition coefficient (Wildman–Crippen LogP) is 3.03. The monoisotopic (exact) mass is 401 g/mol. The van der Waals surface area contributed by atoms with Crippen LogP contribution < -0.4 is 20.4 Å². The third kappa shape index (κ3) is 3.45. The highest BCUT2D eigenvalue weighted by Gasteiger charge is 2.28. The number of aromatic nitrogens is 2. The Labute approximate surface area is 164 Å². The van der Waals surface area contributed by atoms with E-state index in [0.29, 0.717) is 39.1 Å². The van der Waals surface area contributed by atoms with E-state index in [9.17, 15) is 9.59 Å². The van der Waals surface area contributed by atoms with Crippen LogP contribution in [-0.2, 0) is 11.2 Å². The molecule has 146 valence electrons. The summed E-state index contributed by atoms with van der Waals surface area (Å²) in [5, 5.41) is 12.8. The van der Waals surface area contributed by atoms with E-state index >= 15 is 0 Å². The number of nitrogens with one attached hydrogen (secondary N) is 1. The summed E-state index contributed by atoms with van der Waals surface area (Å²) in [7, 11) is 3.05. The van der Waals surface area contributed by atoms with Gasteiger partial charge in [0, 0.05) is 18.1 Å². The van der Waals surface area contributed by atoms with Gasteiger partial charge in [-0.3, -0.25) is 4.79 Å². The van der Waals surface area contributed by atoms with Crippen molar-refractivity contribution in [3.8, 4) is 11.5 Å². The number of carbonyl (C=O) groups excluding carboxylic acids is 1. The molecule has 0 radical (unpaired) electrons. The van der Waals surface area contributed by atoms with Gasteiger partial charge < -0.3 is 19.2 Å². The molecular formula is C19H19N3O5S. The van der Waals surface area contributed by atoms with E-state index in [1.54, 1.807) is 19.1 Å². The minimum Gasteiger partial charge on any atom is -0.496 e. The van der Waals surface area contributed by atoms with Crippen LogP contribution in [0.25, 0.3) is 11.0 Å². The SMILES string of the molecule is COc1cc(OC)c2c(C)c(CC(=O)Nc3nnc(C4CC4)s3)c(=O)oc2c1. The van der Waals surface area contributed by atoms with E-state index in [-0.39, 0.29) is 17.9 Å². The standard InChI is InChI=1S/C19H19N3O5S/c1-9-12(8-15(23)20-19-22-21-17(28-19)10-4-5-10)18(24)27-14-7-11(25-2)6-13(26-3)16(9)14/h6-7,10H,4-5,8H2,1-3H3,(H,20,22,23). The molecule has 0 unspecified atom stereocenters. The van der Waals surface area contributed by atoms with Crippen molar-refractivity contribution in [1.82, 2.24) is 10.2 Å². The first kappa shape index (κ1) is 18.4. The fourth-order valence-corrected chi connectivity index (χ4v) is 4.00. The van der Waals surface area contributed by atoms with Crippen LogP contribution in [0.4, 0.5) is 5.13 Å². The third-order valence-corrected chi connectivity index (χ3v) is 5.72. The maximum Gasteiger partial charge on any atom is 0.340 e. The van der Waals surface area contributed by atoms with E-state index in [1.165, 1.54) is 25.6 Å². The van der Waals surface area contributed by atoms with Gasteiger partial charge in [-0.1, -0.05) is 11.3 Å². The summed E-state index contributed by atoms with van der Waals surface area (Å²) >= 11 is 1.37. The zero-order chi connectivity index (χ0) is 19.8. The summed E-state index contributed by atoms with van der Waals surface area (Å²) in [4.78, 5) is 25.0. The lowest BCUT2D eigenvalue weighted by atomic mass is 10.0. The van der Waals surface area contributed by atoms with Gasteiger partial charge in [0.15, 0.2) is 0 Å². The van der Waals surface area contributed by atoms with Crippen LogP contribution in [-0.4, -0.2) is 30.3 Å². The van der Waals surface area contributed by atoms with Crippen molar-refractivity contribution in [3.05, 3.63) is 38.7 Å². The van der Waals surface area contributed by atoms with Gasteiger partial charge in [0.05, 0.1) is 31.6 Å². The van der Waals surface area contributed by atoms with Gasteiger partial charge in [-0.25, -0.2) is 4.79 Å². The number of fused-ring (bicyclic) bond motifs is 1. The van der Waals surface area contributed by atoms with Gasteiger partial charge in [-0.05, 0) is 25.3 Å². The molecule has 28 heavy (non-hydrogen) atoms. The van der Waals surface area contributed by atoms with Crippen molar-refractivity contribution in [3.63, 3.8) is 0 Å². The number of methoxy groups -OCH3 is 2. The number of benzene rings is 1. The summed E-state index contributed by atoms with van der Waals surface area (Å²) in [5.74, 6) is 1.15. The quantitative estimate of drug-likeness (QED) is 0.633. The fourth-order valence-electron chi connectivity index (χ4n) is 3.07. The Morgan fingerprint density at radius 2 is 2.07 bits per heavy atom. The molecule has 8 nitrogen and oxygen atoms in total. The maximum absolute atomic E-state index is 12.5. The molecule has 1 aliphatic carbocycles. The molecule has 1 aromatic carbocycles. The molecule has 0 saturated heterocycles. The Kier molecular flexibility index (Phi) is 4.76. The number of amides is 1. The molecule has 1 N–H and O–H groups in total. The van der Waals surface area contributed by atoms with Crippen LogP contribution in [0, 0.1) is 6.92 Å². The van der Waals surface area contributed by atoms with Crippen LogP contribution >= 0.6 is 11.3 Å². The lowest BCUT2D eigenvalue weighted by Gasteiger charge is -2.12. The summed E-state index contributed by atoms with van der Waals surface area (Å²) in [6.07, 6.45) is 2.11. The van der Waals surface area contributed by atoms with Crippen LogP contribution in [0.5, 0.6) is 11.5 Å². The molecule has 2 heterocycles. The summed E-state index contributed by atoms with van der Waals surface area (Å²) in [5.41, 5.74) is 0.699. The minimum atomic E-state index is -0.564. The Morgan fingerprint density at radius 3 is 2.75 bits per heavy atom. The second-order valence-electron chi connectivity index (χ2n) is 6.64. The zero-order valence-electron chi connectivity index (χ0n) is 15.7. The predicted molar refractivity (Wildman–Crippen MR) is 105 cm³/mol. The van der Waals surface area contributed by atoms with Crippen molar-refractivity contribution in [1.29, 1.82) is 0 Å². The summed E-state index contributed by atoms with van der Waals surface area (Å²) in [6.45, 7) is 1.77. The maximum atomic E-state index is 12.5. The van der Waals surface area contributed by atoms with Crippen LogP contribution in [0.15, 0.2) is 21.3 Å². The Bertz CT molecular complexity index is 1120. The number of hydrogen-bond donors (Lipinski definition) is 1. The van der Waals surface area contributed by atoms with Crippen LogP contribution in [0.1, 0.15) is 34.9 Å². The van der Waals surface area contributed by atoms with Crippen molar-refractivity contribution in [2.45, 2.75) is 32.1 Å². The molecule has 1 amide bonds. The second-order valence-corrected chi connectivity index (χ2v) is 7.65. The highest BCUT2D eigenvalue weighted by Crippen LogP contribution is 2.42. The first-order chi connectivity index (χ1) is 13.5. The number of anilines is 1. The number of nitrogens with zero attached hydrogens (tertiary/aromatic N) is 2. The van der Waals surface area contributed by atoms with E-state index < -0.39 is 5.63 Å². The van der Waals surface area contributed by atoms with Gasteiger partial charge in [-0.15, -0.1) is 10.2 Å². The van der Waals surface area contributed by atoms with Gasteiger partial charge in [0.1, 0.15) is 22.1 Å². The Balaban J connectivity index is 1.63. The average molecular weight is 401 g/mol. The molecule has 1 fully saturated rings. The molecule has 0 bridgehead atoms. The minimum absolute atomic E-state index is 0.127. The van der Waals surface area contributed by atoms with Crippen molar-refractivity contribution < 1.29 is 18.7 Å². The third-order valence-electron chi connectivity index (χ3n) is 4.72. The highest BCUT2D eigenvalue weighted by molar-refractivity contribution is 7.15. The lowest BCUT2D eigenvalue weighted by Crippen LogP contribution is -2.20. The number of aryl methyl sites for hydroxylation is 1. The normalized spacial score (nSPS) is 13.5. The zero-order valence-corrected chi connectivity index (χ0v) is 16.5. The van der Waals surface area contributed by atoms with E-state index in [0.717, 1.165) is 17.8 Å². The molecule has 1 saturated carbocycles. The molecule has 2 aromatic heterocycles. The molecule has 4 rings (SSSR count). The van der Waals surface area contributed by atoms with Crippen LogP contribution in [0.2, 0.25) is 0 Å². The number of carbonyl (C=O) groups is 1. The van der Waals surface area contributed by atoms with Gasteiger partial charge in [0.25, 0.3) is 0 Å². The molecule has 0 atom stereocenters. The second kappa shape index (κ2) is 7.23. The molecule has 1 aliphatic rings. The fraction of sp³-hybridized carbons (Fsp3) is 0.368. The topological polar surface area (TPSA) is 104 Å². The molecule has 9 heteroatoms. The Morgan fingerprint density at radius 1 is 1.29 bits per heavy atom. The number of hydrogen-bond acceptors (Lipinski definition) is 8. The molecule has 0 aliphatic heterocycles. The molecule has 0 spiro atoms. The van der Waals surface area contributed by atoms with Crippen LogP contribution in [0.3, 0.4) is 0 Å². The summed E-state index contributed by atoms with van der Waals surface area (Å²) < 4.78 is 16.1. The molecule has 3 aromatic rings. The molecular weight excluding hydrogens is 382 g/mol. The van der Waals surface area contributed by atoms with Crippen molar-refractivity contribution >= 4 is 33.3 Å². The number of ether oxygens (including phenoxy) is 2. The largest absolute Gasteiger partial charge is 0.496 e. The van der Waals surface area contributed by atoms with Crippen molar-refractivity contribution in [2.24, 2.45) is 0 Å². The first-order valence-electron chi connectivity index (χ1n) is 8.81. The summed E-state index contributed by atoms with van der Waals surface area (Å²) in [6, 6.07) is 3.33. The highest BCUT2D eigenvalue weighted by atomic mass is 32.1. The first-order valence-corrected chi connectivity index (χ1v) is 9.63. The van der Waals surface area contributed by atoms with Crippen molar-refractivity contribution in [2.75, 3.05) is 19.5 Å². The van der Waals surface area contributed by atoms with Gasteiger partial charge in [0.2, 0.25) is 11.0 Å². The lowest BCUT2D eigenvalue weighted by molar-refractivity contribution is -0.115. The van der Waals surface area contributed by atoms with E-state index in [4.69, 9.17) is 13.9 Å². The smallest absolute Gasteiger partial charge is 0.340 e. The van der Waals surface area contributed by atoms with E-state index in [2.05, 4.69) is 15.5 Å². The van der Waals surface area contributed by atoms with Gasteiger partial charge in [-0.2, -0.15) is 0 Å². The average Bonchev–Trinajstić information content (AvgIpc) is 3.43. The Hall–Kier alpha value is -2.94. The van der Waals surface area contributed by atoms with E-state index in [1.807, 2.05) is 0 Å². The number of rotatable bonds is 6. The van der Waals surface area contributed by atoms with Gasteiger partial charge >= 0.3 is 5.63 Å².